The third-order valence-corrected chi connectivity index (χ3v) is 3.62. The number of carbonyl (C=O) groups excluding carboxylic acids is 1. The molecule has 1 amide bonds. The first-order chi connectivity index (χ1) is 12.7. The smallest absolute Gasteiger partial charge is 0.251 e. The van der Waals surface area contributed by atoms with Crippen LogP contribution in [0.5, 0.6) is 5.75 Å². The van der Waals surface area contributed by atoms with Crippen molar-refractivity contribution < 1.29 is 9.53 Å². The van der Waals surface area contributed by atoms with Crippen LogP contribution in [0.3, 0.4) is 0 Å². The van der Waals surface area contributed by atoms with Gasteiger partial charge >= 0.3 is 0 Å². The standard InChI is InChI=1S/C20H26N4O2.HI/c1-3-22-19(25)17-9-7-8-16(14-17)15-24-20(21-2)23-12-13-26-18-10-5-4-6-11-18;/h4-11,14H,3,12-13,15H2,1-2H3,(H,22,25)(H2,21,23,24);1H. The van der Waals surface area contributed by atoms with Gasteiger partial charge in [0.1, 0.15) is 12.4 Å². The molecule has 0 aliphatic rings. The number of hydrogen-bond donors (Lipinski definition) is 3. The highest BCUT2D eigenvalue weighted by Gasteiger charge is 2.05. The summed E-state index contributed by atoms with van der Waals surface area (Å²) in [6.07, 6.45) is 0. The van der Waals surface area contributed by atoms with Crippen molar-refractivity contribution in [3.63, 3.8) is 0 Å². The molecule has 2 aromatic rings. The highest BCUT2D eigenvalue weighted by molar-refractivity contribution is 14.0. The van der Waals surface area contributed by atoms with Gasteiger partial charge in [0.25, 0.3) is 5.91 Å². The molecule has 6 nitrogen and oxygen atoms in total. The Labute approximate surface area is 177 Å². The van der Waals surface area contributed by atoms with Crippen molar-refractivity contribution in [1.82, 2.24) is 16.0 Å². The highest BCUT2D eigenvalue weighted by atomic mass is 127. The number of aliphatic imine (C=N–C) groups is 1. The third kappa shape index (κ3) is 8.29. The van der Waals surface area contributed by atoms with Crippen LogP contribution >= 0.6 is 24.0 Å². The van der Waals surface area contributed by atoms with Gasteiger partial charge in [-0.05, 0) is 36.8 Å². The summed E-state index contributed by atoms with van der Waals surface area (Å²) < 4.78 is 5.64. The number of guanidine groups is 1. The van der Waals surface area contributed by atoms with Gasteiger partial charge in [-0.3, -0.25) is 9.79 Å². The van der Waals surface area contributed by atoms with E-state index in [4.69, 9.17) is 4.74 Å². The van der Waals surface area contributed by atoms with Gasteiger partial charge in [0.15, 0.2) is 5.96 Å². The molecule has 0 fully saturated rings. The minimum atomic E-state index is -0.0603. The number of para-hydroxylation sites is 1. The molecule has 0 radical (unpaired) electrons. The Hall–Kier alpha value is -2.29. The lowest BCUT2D eigenvalue weighted by Gasteiger charge is -2.13. The number of carbonyl (C=O) groups is 1. The first-order valence-corrected chi connectivity index (χ1v) is 8.72. The lowest BCUT2D eigenvalue weighted by atomic mass is 10.1. The van der Waals surface area contributed by atoms with Crippen molar-refractivity contribution in [3.05, 3.63) is 65.7 Å². The van der Waals surface area contributed by atoms with Crippen LogP contribution in [0.4, 0.5) is 0 Å². The Bertz CT molecular complexity index is 723. The van der Waals surface area contributed by atoms with Crippen LogP contribution < -0.4 is 20.7 Å². The molecule has 7 heteroatoms. The van der Waals surface area contributed by atoms with E-state index in [0.29, 0.717) is 37.8 Å². The number of amides is 1. The van der Waals surface area contributed by atoms with E-state index < -0.39 is 0 Å². The number of benzene rings is 2. The predicted octanol–water partition coefficient (Wildman–Crippen LogP) is 2.80. The minimum absolute atomic E-state index is 0. The van der Waals surface area contributed by atoms with E-state index in [-0.39, 0.29) is 29.9 Å². The molecule has 0 unspecified atom stereocenters. The summed E-state index contributed by atoms with van der Waals surface area (Å²) in [5.74, 6) is 1.47. The molecule has 0 aromatic heterocycles. The molecular weight excluding hydrogens is 455 g/mol. The first kappa shape index (κ1) is 22.8. The Balaban J connectivity index is 0.00000364. The molecule has 146 valence electrons. The second kappa shape index (κ2) is 13.0. The number of ether oxygens (including phenoxy) is 1. The zero-order chi connectivity index (χ0) is 18.6. The summed E-state index contributed by atoms with van der Waals surface area (Å²) in [5.41, 5.74) is 1.67. The summed E-state index contributed by atoms with van der Waals surface area (Å²) >= 11 is 0. The number of halogens is 1. The van der Waals surface area contributed by atoms with Gasteiger partial charge in [-0.15, -0.1) is 24.0 Å². The van der Waals surface area contributed by atoms with Crippen LogP contribution in [0.15, 0.2) is 59.6 Å². The molecule has 27 heavy (non-hydrogen) atoms. The molecular formula is C20H27IN4O2. The third-order valence-electron chi connectivity index (χ3n) is 3.62. The SMILES string of the molecule is CCNC(=O)c1cccc(CNC(=NC)NCCOc2ccccc2)c1.I. The van der Waals surface area contributed by atoms with E-state index in [1.165, 1.54) is 0 Å². The van der Waals surface area contributed by atoms with Gasteiger partial charge in [0.2, 0.25) is 0 Å². The van der Waals surface area contributed by atoms with Gasteiger partial charge < -0.3 is 20.7 Å². The van der Waals surface area contributed by atoms with E-state index >= 15 is 0 Å². The van der Waals surface area contributed by atoms with Crippen molar-refractivity contribution in [3.8, 4) is 5.75 Å². The van der Waals surface area contributed by atoms with E-state index in [9.17, 15) is 4.79 Å². The van der Waals surface area contributed by atoms with Crippen LogP contribution in [0.1, 0.15) is 22.8 Å². The Morgan fingerprint density at radius 2 is 1.81 bits per heavy atom. The molecule has 0 bridgehead atoms. The van der Waals surface area contributed by atoms with Crippen LogP contribution in [-0.4, -0.2) is 38.6 Å². The largest absolute Gasteiger partial charge is 0.492 e. The average Bonchev–Trinajstić information content (AvgIpc) is 2.68. The number of nitrogens with zero attached hydrogens (tertiary/aromatic N) is 1. The molecule has 0 spiro atoms. The first-order valence-electron chi connectivity index (χ1n) is 8.72. The summed E-state index contributed by atoms with van der Waals surface area (Å²) in [6, 6.07) is 17.2. The Morgan fingerprint density at radius 1 is 1.04 bits per heavy atom. The van der Waals surface area contributed by atoms with Gasteiger partial charge in [0.05, 0.1) is 6.54 Å². The molecule has 0 heterocycles. The van der Waals surface area contributed by atoms with E-state index in [1.807, 2.05) is 61.5 Å². The van der Waals surface area contributed by atoms with Gasteiger partial charge in [-0.2, -0.15) is 0 Å². The monoisotopic (exact) mass is 482 g/mol. The van der Waals surface area contributed by atoms with E-state index in [2.05, 4.69) is 20.9 Å². The zero-order valence-corrected chi connectivity index (χ0v) is 18.0. The molecule has 0 saturated heterocycles. The molecule has 2 aromatic carbocycles. The van der Waals surface area contributed by atoms with Crippen molar-refractivity contribution >= 4 is 35.8 Å². The van der Waals surface area contributed by atoms with E-state index in [0.717, 1.165) is 11.3 Å². The maximum Gasteiger partial charge on any atom is 0.251 e. The summed E-state index contributed by atoms with van der Waals surface area (Å²) in [6.45, 7) is 4.26. The molecule has 2 rings (SSSR count). The van der Waals surface area contributed by atoms with Gasteiger partial charge in [-0.1, -0.05) is 30.3 Å². The average molecular weight is 482 g/mol. The Morgan fingerprint density at radius 3 is 2.52 bits per heavy atom. The van der Waals surface area contributed by atoms with Crippen LogP contribution in [-0.2, 0) is 6.54 Å². The van der Waals surface area contributed by atoms with Crippen molar-refractivity contribution in [2.45, 2.75) is 13.5 Å². The van der Waals surface area contributed by atoms with Crippen molar-refractivity contribution in [2.75, 3.05) is 26.7 Å². The second-order valence-corrected chi connectivity index (χ2v) is 5.57. The zero-order valence-electron chi connectivity index (χ0n) is 15.7. The Kier molecular flexibility index (Phi) is 10.9. The molecule has 3 N–H and O–H groups in total. The maximum atomic E-state index is 11.9. The number of nitrogens with one attached hydrogen (secondary N) is 3. The lowest BCUT2D eigenvalue weighted by Crippen LogP contribution is -2.38. The fourth-order valence-corrected chi connectivity index (χ4v) is 2.35. The molecule has 0 atom stereocenters. The normalized spacial score (nSPS) is 10.5. The molecule has 0 saturated carbocycles. The van der Waals surface area contributed by atoms with Crippen LogP contribution in [0, 0.1) is 0 Å². The minimum Gasteiger partial charge on any atom is -0.492 e. The predicted molar refractivity (Wildman–Crippen MR) is 120 cm³/mol. The quantitative estimate of drug-likeness (QED) is 0.234. The summed E-state index contributed by atoms with van der Waals surface area (Å²) in [7, 11) is 1.72. The second-order valence-electron chi connectivity index (χ2n) is 5.57. The van der Waals surface area contributed by atoms with Crippen LogP contribution in [0.2, 0.25) is 0 Å². The number of rotatable bonds is 8. The van der Waals surface area contributed by atoms with Gasteiger partial charge in [-0.25, -0.2) is 0 Å². The fraction of sp³-hybridized carbons (Fsp3) is 0.300. The topological polar surface area (TPSA) is 74.8 Å². The van der Waals surface area contributed by atoms with Crippen molar-refractivity contribution in [2.24, 2.45) is 4.99 Å². The van der Waals surface area contributed by atoms with Crippen molar-refractivity contribution in [1.29, 1.82) is 0 Å². The maximum absolute atomic E-state index is 11.9. The van der Waals surface area contributed by atoms with E-state index in [1.54, 1.807) is 7.05 Å². The number of hydrogen-bond acceptors (Lipinski definition) is 3. The summed E-state index contributed by atoms with van der Waals surface area (Å²) in [5, 5.41) is 9.24. The fourth-order valence-electron chi connectivity index (χ4n) is 2.35. The molecule has 0 aliphatic heterocycles. The highest BCUT2D eigenvalue weighted by Crippen LogP contribution is 2.07. The summed E-state index contributed by atoms with van der Waals surface area (Å²) in [4.78, 5) is 16.1. The molecule has 0 aliphatic carbocycles. The lowest BCUT2D eigenvalue weighted by molar-refractivity contribution is 0.0955. The van der Waals surface area contributed by atoms with Crippen LogP contribution in [0.25, 0.3) is 0 Å². The van der Waals surface area contributed by atoms with Gasteiger partial charge in [0, 0.05) is 25.7 Å².